The van der Waals surface area contributed by atoms with E-state index < -0.39 is 0 Å². The first-order chi connectivity index (χ1) is 6.68. The first kappa shape index (κ1) is 17.6. The zero-order valence-corrected chi connectivity index (χ0v) is 9.47. The van der Waals surface area contributed by atoms with Gasteiger partial charge in [0.15, 0.2) is 0 Å². The topological polar surface area (TPSA) is 26.3 Å². The van der Waals surface area contributed by atoms with E-state index in [-0.39, 0.29) is 35.5 Å². The monoisotopic (exact) mass is 222 g/mol. The van der Waals surface area contributed by atoms with Crippen LogP contribution in [0.25, 0.3) is 0 Å². The zero-order valence-electron chi connectivity index (χ0n) is 9.47. The molecule has 0 aliphatic heterocycles. The van der Waals surface area contributed by atoms with Crippen LogP contribution >= 0.6 is 0 Å². The van der Waals surface area contributed by atoms with Crippen LogP contribution in [0.3, 0.4) is 0 Å². The van der Waals surface area contributed by atoms with Gasteiger partial charge in [-0.1, -0.05) is 45.6 Å². The fraction of sp³-hybridized carbons (Fsp3) is 0.750. The number of unbranched alkanes of at least 4 members (excludes halogenated alkanes) is 5. The van der Waals surface area contributed by atoms with E-state index in [1.165, 1.54) is 25.7 Å². The van der Waals surface area contributed by atoms with Gasteiger partial charge in [-0.05, 0) is 13.3 Å². The van der Waals surface area contributed by atoms with Crippen molar-refractivity contribution in [2.75, 3.05) is 6.61 Å². The molecule has 0 fully saturated rings. The summed E-state index contributed by atoms with van der Waals surface area (Å²) in [7, 11) is 0. The van der Waals surface area contributed by atoms with Gasteiger partial charge in [0.2, 0.25) is 0 Å². The van der Waals surface area contributed by atoms with Crippen LogP contribution in [0.4, 0.5) is 0 Å². The molecule has 84 valence electrons. The van der Waals surface area contributed by atoms with E-state index >= 15 is 0 Å². The Balaban J connectivity index is 0. The summed E-state index contributed by atoms with van der Waals surface area (Å²) in [4.78, 5) is 11.0. The van der Waals surface area contributed by atoms with Crippen LogP contribution in [-0.4, -0.2) is 42.1 Å². The van der Waals surface area contributed by atoms with Crippen molar-refractivity contribution in [3.63, 3.8) is 0 Å². The van der Waals surface area contributed by atoms with E-state index in [1.54, 1.807) is 6.92 Å². The third-order valence-corrected chi connectivity index (χ3v) is 2.08. The summed E-state index contributed by atoms with van der Waals surface area (Å²) in [5.74, 6) is -0.265. The molecule has 0 aliphatic rings. The summed E-state index contributed by atoms with van der Waals surface area (Å²) < 4.78 is 4.97. The molecule has 0 N–H and O–H groups in total. The van der Waals surface area contributed by atoms with Gasteiger partial charge in [0.25, 0.3) is 0 Å². The van der Waals surface area contributed by atoms with Crippen molar-refractivity contribution in [1.29, 1.82) is 0 Å². The quantitative estimate of drug-likeness (QED) is 0.273. The molecule has 0 radical (unpaired) electrons. The number of hydrogen-bond donors (Lipinski definition) is 0. The summed E-state index contributed by atoms with van der Waals surface area (Å²) in [5.41, 5.74) is 0.482. The first-order valence-corrected chi connectivity index (χ1v) is 5.51. The molecular formula is C12H23NaO2. The number of carbonyl (C=O) groups excluding carboxylic acids is 1. The van der Waals surface area contributed by atoms with Gasteiger partial charge in [-0.3, -0.25) is 0 Å². The second-order valence-corrected chi connectivity index (χ2v) is 3.68. The Hall–Kier alpha value is 0.210. The fourth-order valence-electron chi connectivity index (χ4n) is 1.17. The molecule has 0 unspecified atom stereocenters. The van der Waals surface area contributed by atoms with Crippen molar-refractivity contribution >= 4 is 35.5 Å². The maximum atomic E-state index is 11.0. The van der Waals surface area contributed by atoms with Crippen molar-refractivity contribution in [1.82, 2.24) is 0 Å². The Morgan fingerprint density at radius 3 is 2.20 bits per heavy atom. The van der Waals surface area contributed by atoms with E-state index in [2.05, 4.69) is 13.5 Å². The van der Waals surface area contributed by atoms with E-state index in [1.807, 2.05) is 0 Å². The normalized spacial score (nSPS) is 9.20. The molecule has 0 spiro atoms. The molecule has 0 bridgehead atoms. The SMILES string of the molecule is C=C(C)C(=O)OCCCCCCCC.[NaH]. The average Bonchev–Trinajstić information content (AvgIpc) is 2.16. The van der Waals surface area contributed by atoms with Crippen LogP contribution in [0.1, 0.15) is 52.4 Å². The van der Waals surface area contributed by atoms with Gasteiger partial charge in [-0.2, -0.15) is 0 Å². The zero-order chi connectivity index (χ0) is 10.8. The second kappa shape index (κ2) is 12.3. The molecule has 15 heavy (non-hydrogen) atoms. The molecule has 0 saturated carbocycles. The van der Waals surface area contributed by atoms with Crippen LogP contribution in [0, 0.1) is 0 Å². The van der Waals surface area contributed by atoms with Gasteiger partial charge in [-0.25, -0.2) is 4.79 Å². The molecule has 0 aromatic rings. The van der Waals surface area contributed by atoms with Crippen molar-refractivity contribution < 1.29 is 9.53 Å². The van der Waals surface area contributed by atoms with Gasteiger partial charge in [-0.15, -0.1) is 0 Å². The fourth-order valence-corrected chi connectivity index (χ4v) is 1.17. The molecule has 3 heteroatoms. The molecule has 0 aliphatic carbocycles. The van der Waals surface area contributed by atoms with Crippen molar-refractivity contribution in [2.45, 2.75) is 52.4 Å². The molecule has 0 saturated heterocycles. The molecule has 2 nitrogen and oxygen atoms in total. The predicted octanol–water partition coefficient (Wildman–Crippen LogP) is 2.82. The van der Waals surface area contributed by atoms with Gasteiger partial charge < -0.3 is 4.74 Å². The molecule has 0 rings (SSSR count). The van der Waals surface area contributed by atoms with Gasteiger partial charge in [0, 0.05) is 5.57 Å². The Morgan fingerprint density at radius 1 is 1.13 bits per heavy atom. The molecule has 0 atom stereocenters. The third-order valence-electron chi connectivity index (χ3n) is 2.08. The molecule has 0 aromatic carbocycles. The Labute approximate surface area is 116 Å². The van der Waals surface area contributed by atoms with E-state index in [0.717, 1.165) is 12.8 Å². The van der Waals surface area contributed by atoms with E-state index in [4.69, 9.17) is 4.74 Å². The number of rotatable bonds is 8. The summed E-state index contributed by atoms with van der Waals surface area (Å²) in [6, 6.07) is 0. The molecule has 0 amide bonds. The first-order valence-electron chi connectivity index (χ1n) is 5.51. The Bertz CT molecular complexity index is 178. The van der Waals surface area contributed by atoms with Gasteiger partial charge >= 0.3 is 35.5 Å². The molecule has 0 aromatic heterocycles. The van der Waals surface area contributed by atoms with Gasteiger partial charge in [0.05, 0.1) is 6.61 Å². The summed E-state index contributed by atoms with van der Waals surface area (Å²) in [6.45, 7) is 7.93. The van der Waals surface area contributed by atoms with Crippen molar-refractivity contribution in [2.24, 2.45) is 0 Å². The van der Waals surface area contributed by atoms with Crippen molar-refractivity contribution in [3.8, 4) is 0 Å². The van der Waals surface area contributed by atoms with Gasteiger partial charge in [0.1, 0.15) is 0 Å². The number of esters is 1. The van der Waals surface area contributed by atoms with Crippen LogP contribution in [0.2, 0.25) is 0 Å². The van der Waals surface area contributed by atoms with Crippen molar-refractivity contribution in [3.05, 3.63) is 12.2 Å². The minimum atomic E-state index is -0.265. The number of carbonyl (C=O) groups is 1. The van der Waals surface area contributed by atoms with E-state index in [0.29, 0.717) is 12.2 Å². The minimum absolute atomic E-state index is 0. The standard InChI is InChI=1S/C12H22O2.Na.H/c1-4-5-6-7-8-9-10-14-12(13)11(2)3;;/h2,4-10H2,1,3H3;;. The maximum absolute atomic E-state index is 11.0. The Morgan fingerprint density at radius 2 is 1.67 bits per heavy atom. The predicted molar refractivity (Wildman–Crippen MR) is 66.3 cm³/mol. The van der Waals surface area contributed by atoms with Crippen LogP contribution in [0.5, 0.6) is 0 Å². The average molecular weight is 222 g/mol. The summed E-state index contributed by atoms with van der Waals surface area (Å²) >= 11 is 0. The summed E-state index contributed by atoms with van der Waals surface area (Å²) in [5, 5.41) is 0. The molecule has 0 heterocycles. The van der Waals surface area contributed by atoms with Crippen LogP contribution in [0.15, 0.2) is 12.2 Å². The van der Waals surface area contributed by atoms with E-state index in [9.17, 15) is 4.79 Å². The second-order valence-electron chi connectivity index (χ2n) is 3.68. The van der Waals surface area contributed by atoms with Crippen LogP contribution in [-0.2, 0) is 9.53 Å². The summed E-state index contributed by atoms with van der Waals surface area (Å²) in [6.07, 6.45) is 7.26. The third kappa shape index (κ3) is 12.1. The Kier molecular flexibility index (Phi) is 14.4. The molecular weight excluding hydrogens is 199 g/mol. The number of hydrogen-bond acceptors (Lipinski definition) is 2. The number of ether oxygens (including phenoxy) is 1. The van der Waals surface area contributed by atoms with Crippen LogP contribution < -0.4 is 0 Å².